The van der Waals surface area contributed by atoms with Gasteiger partial charge in [-0.25, -0.2) is 19.2 Å². The molecule has 0 saturated heterocycles. The van der Waals surface area contributed by atoms with E-state index in [1.54, 1.807) is 12.1 Å². The summed E-state index contributed by atoms with van der Waals surface area (Å²) in [5, 5.41) is 19.2. The maximum atomic E-state index is 13.5. The van der Waals surface area contributed by atoms with Crippen molar-refractivity contribution in [2.45, 2.75) is 78.1 Å². The molecule has 0 atom stereocenters. The number of carbonyl (C=O) groups excluding carboxylic acids is 3. The maximum Gasteiger partial charge on any atom is 0.407 e. The monoisotopic (exact) mass is 878 g/mol. The second-order valence-corrected chi connectivity index (χ2v) is 14.7. The first-order valence-electron chi connectivity index (χ1n) is 22.2. The Morgan fingerprint density at radius 3 is 2.25 bits per heavy atom. The van der Waals surface area contributed by atoms with Gasteiger partial charge >= 0.3 is 6.09 Å². The molecule has 0 unspecified atom stereocenters. The lowest BCUT2D eigenvalue weighted by Gasteiger charge is -2.20. The zero-order valence-corrected chi connectivity index (χ0v) is 37.2. The van der Waals surface area contributed by atoms with E-state index in [9.17, 15) is 18.8 Å². The van der Waals surface area contributed by atoms with Gasteiger partial charge in [0.2, 0.25) is 11.8 Å². The highest BCUT2D eigenvalue weighted by Crippen LogP contribution is 2.26. The lowest BCUT2D eigenvalue weighted by Crippen LogP contribution is -2.36. The molecule has 4 aromatic rings. The minimum absolute atomic E-state index is 0.0234. The van der Waals surface area contributed by atoms with Crippen molar-refractivity contribution in [3.8, 4) is 5.75 Å². The Kier molecular flexibility index (Phi) is 23.8. The fourth-order valence-corrected chi connectivity index (χ4v) is 6.24. The maximum absolute atomic E-state index is 13.5. The number of likely N-dealkylation sites (N-methyl/N-ethyl adjacent to an activating group) is 1. The Morgan fingerprint density at radius 2 is 1.52 bits per heavy atom. The van der Waals surface area contributed by atoms with Gasteiger partial charge in [-0.15, -0.1) is 0 Å². The van der Waals surface area contributed by atoms with Crippen LogP contribution in [-0.2, 0) is 20.7 Å². The van der Waals surface area contributed by atoms with Gasteiger partial charge in [-0.3, -0.25) is 14.7 Å². The third kappa shape index (κ3) is 21.0. The van der Waals surface area contributed by atoms with Crippen molar-refractivity contribution in [2.75, 3.05) is 56.6 Å². The number of fused-ring (bicyclic) bond motifs is 1. The van der Waals surface area contributed by atoms with Gasteiger partial charge in [0.05, 0.1) is 18.5 Å². The predicted molar refractivity (Wildman–Crippen MR) is 253 cm³/mol. The molecule has 4 rings (SSSR count). The van der Waals surface area contributed by atoms with E-state index in [-0.39, 0.29) is 24.8 Å². The number of ether oxygens (including phenoxy) is 2. The molecule has 0 aliphatic carbocycles. The van der Waals surface area contributed by atoms with Crippen molar-refractivity contribution >= 4 is 46.1 Å². The molecule has 2 heterocycles. The molecular weight excluding hydrogens is 814 g/mol. The van der Waals surface area contributed by atoms with Crippen LogP contribution in [-0.4, -0.2) is 88.9 Å². The quantitative estimate of drug-likeness (QED) is 0.0251. The molecule has 0 fully saturated rings. The number of hydrogen-bond donors (Lipinski definition) is 5. The minimum Gasteiger partial charge on any atom is -0.493 e. The Balaban J connectivity index is 1.01. The summed E-state index contributed by atoms with van der Waals surface area (Å²) < 4.78 is 24.8. The molecule has 3 amide bonds. The summed E-state index contributed by atoms with van der Waals surface area (Å²) in [4.78, 5) is 47.7. The number of aromatic amines is 1. The van der Waals surface area contributed by atoms with E-state index in [0.717, 1.165) is 69.8 Å². The standard InChI is InChI=1S/C49H64FN9O5/c1-3-5-6-7-8-9-10-11-12-13-14-15-16-17-18-19-20-25-46(60)51-28-29-52-49(62)64-33-31-59(4-2)30-22-32-63-42-26-27-43-44(37-42)53-38-54-48(43)56-45-35-41(57-58-45)36-47(61)55-40-24-21-23-39(50)34-40/h5-6,8-9,11-12,14-15,17-18,21,23-24,26-27,34-35,37-38H,3-4,7,10,13,16,19-20,22,25,28-33,36H2,1-2H3,(H,51,60)(H,52,62)(H,55,61)(H2,53,54,56,57,58). The molecule has 0 saturated carbocycles. The van der Waals surface area contributed by atoms with Crippen molar-refractivity contribution in [3.05, 3.63) is 127 Å². The van der Waals surface area contributed by atoms with E-state index >= 15 is 0 Å². The van der Waals surface area contributed by atoms with Crippen LogP contribution in [0.25, 0.3) is 10.9 Å². The van der Waals surface area contributed by atoms with E-state index < -0.39 is 11.9 Å². The van der Waals surface area contributed by atoms with Crippen molar-refractivity contribution in [1.82, 2.24) is 35.7 Å². The topological polar surface area (TPSA) is 175 Å². The van der Waals surface area contributed by atoms with Crippen molar-refractivity contribution in [1.29, 1.82) is 0 Å². The smallest absolute Gasteiger partial charge is 0.407 e. The number of nitrogens with zero attached hydrogens (tertiary/aromatic N) is 4. The second kappa shape index (κ2) is 30.4. The summed E-state index contributed by atoms with van der Waals surface area (Å²) in [5.41, 5.74) is 1.63. The van der Waals surface area contributed by atoms with Crippen LogP contribution < -0.4 is 26.0 Å². The Bertz CT molecular complexity index is 2170. The summed E-state index contributed by atoms with van der Waals surface area (Å²) in [6.45, 7) is 7.69. The van der Waals surface area contributed by atoms with E-state index in [4.69, 9.17) is 9.47 Å². The molecule has 14 nitrogen and oxygen atoms in total. The number of amides is 3. The first-order valence-corrected chi connectivity index (χ1v) is 22.2. The van der Waals surface area contributed by atoms with Crippen LogP contribution in [0.4, 0.5) is 26.5 Å². The van der Waals surface area contributed by atoms with E-state index in [0.29, 0.717) is 66.9 Å². The summed E-state index contributed by atoms with van der Waals surface area (Å²) in [7, 11) is 0. The average Bonchev–Trinajstić information content (AvgIpc) is 3.72. The third-order valence-electron chi connectivity index (χ3n) is 9.57. The number of H-pyrrole nitrogens is 1. The number of halogens is 1. The average molecular weight is 878 g/mol. The molecule has 342 valence electrons. The SMILES string of the molecule is CCC=CCC=CCC=CCC=CCC=CCCCC(=O)NCCNC(=O)OCCN(CC)CCCOc1ccc2c(Nc3cc(CC(=O)Nc4cccc(F)c4)[nH]n3)ncnc2c1. The van der Waals surface area contributed by atoms with Crippen LogP contribution in [0.1, 0.15) is 77.3 Å². The minimum atomic E-state index is -0.511. The molecule has 0 aliphatic heterocycles. The molecule has 2 aromatic carbocycles. The lowest BCUT2D eigenvalue weighted by atomic mass is 10.2. The Labute approximate surface area is 376 Å². The number of unbranched alkanes of at least 4 members (excludes halogenated alkanes) is 1. The van der Waals surface area contributed by atoms with Crippen LogP contribution in [0, 0.1) is 5.82 Å². The highest BCUT2D eigenvalue weighted by Gasteiger charge is 2.12. The van der Waals surface area contributed by atoms with Gasteiger partial charge < -0.3 is 35.6 Å². The predicted octanol–water partition coefficient (Wildman–Crippen LogP) is 9.27. The Morgan fingerprint density at radius 1 is 0.781 bits per heavy atom. The van der Waals surface area contributed by atoms with Gasteiger partial charge in [0.25, 0.3) is 0 Å². The van der Waals surface area contributed by atoms with E-state index in [1.807, 2.05) is 18.2 Å². The van der Waals surface area contributed by atoms with Crippen molar-refractivity contribution < 1.29 is 28.2 Å². The normalized spacial score (nSPS) is 11.8. The fourth-order valence-electron chi connectivity index (χ4n) is 6.24. The number of rotatable bonds is 30. The van der Waals surface area contributed by atoms with Crippen LogP contribution >= 0.6 is 0 Å². The van der Waals surface area contributed by atoms with Gasteiger partial charge in [0.15, 0.2) is 5.82 Å². The number of nitrogens with one attached hydrogen (secondary N) is 5. The lowest BCUT2D eigenvalue weighted by molar-refractivity contribution is -0.121. The number of benzene rings is 2. The van der Waals surface area contributed by atoms with Gasteiger partial charge in [0, 0.05) is 61.5 Å². The third-order valence-corrected chi connectivity index (χ3v) is 9.57. The number of allylic oxidation sites excluding steroid dienone is 10. The van der Waals surface area contributed by atoms with E-state index in [2.05, 4.69) is 121 Å². The van der Waals surface area contributed by atoms with E-state index in [1.165, 1.54) is 24.5 Å². The zero-order chi connectivity index (χ0) is 45.5. The number of aromatic nitrogens is 4. The van der Waals surface area contributed by atoms with Crippen LogP contribution in [0.3, 0.4) is 0 Å². The fraction of sp³-hybridized carbons (Fsp3) is 0.388. The second-order valence-electron chi connectivity index (χ2n) is 14.7. The van der Waals surface area contributed by atoms with Crippen LogP contribution in [0.15, 0.2) is 116 Å². The first-order chi connectivity index (χ1) is 31.3. The van der Waals surface area contributed by atoms with Crippen molar-refractivity contribution in [3.63, 3.8) is 0 Å². The molecular formula is C49H64FN9O5. The highest BCUT2D eigenvalue weighted by molar-refractivity contribution is 5.93. The summed E-state index contributed by atoms with van der Waals surface area (Å²) in [6, 6.07) is 13.0. The molecule has 15 heteroatoms. The number of alkyl carbamates (subject to hydrolysis) is 1. The summed E-state index contributed by atoms with van der Waals surface area (Å²) >= 11 is 0. The number of carbonyl (C=O) groups is 3. The molecule has 5 N–H and O–H groups in total. The largest absolute Gasteiger partial charge is 0.493 e. The molecule has 0 aliphatic rings. The molecule has 0 radical (unpaired) electrons. The van der Waals surface area contributed by atoms with Gasteiger partial charge in [-0.2, -0.15) is 5.10 Å². The van der Waals surface area contributed by atoms with Crippen LogP contribution in [0.5, 0.6) is 5.75 Å². The molecule has 0 spiro atoms. The molecule has 64 heavy (non-hydrogen) atoms. The zero-order valence-electron chi connectivity index (χ0n) is 37.2. The summed E-state index contributed by atoms with van der Waals surface area (Å²) in [6.07, 6.45) is 30.3. The summed E-state index contributed by atoms with van der Waals surface area (Å²) in [5.74, 6) is 0.909. The van der Waals surface area contributed by atoms with Crippen molar-refractivity contribution in [2.24, 2.45) is 0 Å². The number of hydrogen-bond acceptors (Lipinski definition) is 10. The first kappa shape index (κ1) is 50.0. The highest BCUT2D eigenvalue weighted by atomic mass is 19.1. The van der Waals surface area contributed by atoms with Crippen LogP contribution in [0.2, 0.25) is 0 Å². The molecule has 2 aromatic heterocycles. The van der Waals surface area contributed by atoms with Gasteiger partial charge in [0.1, 0.15) is 30.3 Å². The van der Waals surface area contributed by atoms with Gasteiger partial charge in [-0.1, -0.05) is 80.7 Å². The molecule has 0 bridgehead atoms. The van der Waals surface area contributed by atoms with Gasteiger partial charge in [-0.05, 0) is 88.2 Å². The Hall–Kier alpha value is -6.61. The number of anilines is 3.